The van der Waals surface area contributed by atoms with Crippen molar-refractivity contribution >= 4 is 49.2 Å². The third-order valence-electron chi connectivity index (χ3n) is 9.66. The number of rotatable bonds is 11. The third-order valence-corrected chi connectivity index (χ3v) is 14.4. The number of nitrogens with one attached hydrogen (secondary N) is 2. The van der Waals surface area contributed by atoms with E-state index in [-0.39, 0.29) is 59.4 Å². The molecule has 2 heterocycles. The molecule has 0 aliphatic heterocycles. The largest absolute Gasteiger partial charge is 0.431 e. The summed E-state index contributed by atoms with van der Waals surface area (Å²) in [7, 11) is -6.42. The molecule has 0 aliphatic carbocycles. The Morgan fingerprint density at radius 1 is 0.635 bits per heavy atom. The van der Waals surface area contributed by atoms with E-state index in [1.165, 1.54) is 13.8 Å². The van der Waals surface area contributed by atoms with E-state index in [9.17, 15) is 75.9 Å². The second-order valence-electron chi connectivity index (χ2n) is 14.5. The second-order valence-corrected chi connectivity index (χ2v) is 19.5. The minimum Gasteiger partial charge on any atom is -0.292 e. The number of sulfonamides is 2. The molecule has 27 heteroatoms. The Kier molecular flexibility index (Phi) is 15.9. The molecular formula is C36H38Cl2F8N6O9S2. The van der Waals surface area contributed by atoms with Crippen LogP contribution in [0, 0.1) is 23.5 Å². The Bertz CT molecular complexity index is 2910. The molecule has 0 saturated carbocycles. The molecule has 348 valence electrons. The number of halogens is 10. The zero-order valence-corrected chi connectivity index (χ0v) is 37.2. The molecule has 0 fully saturated rings. The average Bonchev–Trinajstić information content (AvgIpc) is 3.14. The first-order chi connectivity index (χ1) is 28.6. The quantitative estimate of drug-likeness (QED) is 0.188. The zero-order chi connectivity index (χ0) is 48.6. The SMILES string of the molecule is CC(C)C(C)S(=O)(=O)NC(=O)c1cc(-n2c(=O)cc(C(F)(F)F)n(C)c2=O)c(F)cc1Cl.CC(C)C(C)S(=O)(=O)NCc1cc(-n2c(=O)cc(C(F)(F)F)n(C)c2=O)c(F)cc1Cl. The maximum Gasteiger partial charge on any atom is 0.431 e. The Morgan fingerprint density at radius 3 is 1.41 bits per heavy atom. The van der Waals surface area contributed by atoms with Gasteiger partial charge in [-0.15, -0.1) is 0 Å². The van der Waals surface area contributed by atoms with Gasteiger partial charge in [-0.3, -0.25) is 23.5 Å². The normalized spacial score (nSPS) is 13.5. The van der Waals surface area contributed by atoms with Crippen molar-refractivity contribution in [3.05, 3.63) is 122 Å². The van der Waals surface area contributed by atoms with Gasteiger partial charge in [0, 0.05) is 37.8 Å². The van der Waals surface area contributed by atoms with Gasteiger partial charge in [0.05, 0.1) is 32.5 Å². The molecule has 2 unspecified atom stereocenters. The van der Waals surface area contributed by atoms with Crippen molar-refractivity contribution in [2.75, 3.05) is 0 Å². The Labute approximate surface area is 363 Å². The molecule has 0 spiro atoms. The maximum atomic E-state index is 14.5. The van der Waals surface area contributed by atoms with Crippen LogP contribution in [0.4, 0.5) is 35.1 Å². The monoisotopic (exact) mass is 984 g/mol. The van der Waals surface area contributed by atoms with Gasteiger partial charge < -0.3 is 0 Å². The number of nitrogens with zero attached hydrogens (tertiary/aromatic N) is 4. The highest BCUT2D eigenvalue weighted by atomic mass is 35.5. The van der Waals surface area contributed by atoms with Crippen molar-refractivity contribution < 1.29 is 56.8 Å². The van der Waals surface area contributed by atoms with E-state index in [0.29, 0.717) is 12.1 Å². The smallest absolute Gasteiger partial charge is 0.292 e. The number of hydrogen-bond donors (Lipinski definition) is 2. The fourth-order valence-corrected chi connectivity index (χ4v) is 8.37. The third kappa shape index (κ3) is 11.6. The number of aromatic nitrogens is 4. The predicted octanol–water partition coefficient (Wildman–Crippen LogP) is 5.26. The van der Waals surface area contributed by atoms with Gasteiger partial charge in [-0.25, -0.2) is 53.8 Å². The van der Waals surface area contributed by atoms with Crippen LogP contribution in [-0.4, -0.2) is 51.5 Å². The van der Waals surface area contributed by atoms with Crippen molar-refractivity contribution in [1.82, 2.24) is 27.7 Å². The van der Waals surface area contributed by atoms with Crippen LogP contribution in [0.3, 0.4) is 0 Å². The lowest BCUT2D eigenvalue weighted by Gasteiger charge is -2.18. The van der Waals surface area contributed by atoms with Crippen molar-refractivity contribution in [2.45, 2.75) is 70.9 Å². The Morgan fingerprint density at radius 2 is 1.02 bits per heavy atom. The average molecular weight is 986 g/mol. The molecule has 2 aromatic heterocycles. The first-order valence-corrected chi connectivity index (χ1v) is 21.7. The van der Waals surface area contributed by atoms with Gasteiger partial charge in [0.2, 0.25) is 20.0 Å². The van der Waals surface area contributed by atoms with Gasteiger partial charge >= 0.3 is 23.7 Å². The van der Waals surface area contributed by atoms with Crippen LogP contribution in [-0.2, 0) is 53.0 Å². The molecule has 2 N–H and O–H groups in total. The number of hydrogen-bond acceptors (Lipinski definition) is 9. The molecule has 4 aromatic rings. The van der Waals surface area contributed by atoms with Gasteiger partial charge in [-0.05, 0) is 55.5 Å². The summed E-state index contributed by atoms with van der Waals surface area (Å²) in [4.78, 5) is 61.8. The summed E-state index contributed by atoms with van der Waals surface area (Å²) in [6.45, 7) is 9.08. The summed E-state index contributed by atoms with van der Waals surface area (Å²) in [5.74, 6) is -4.30. The molecule has 0 radical (unpaired) electrons. The predicted molar refractivity (Wildman–Crippen MR) is 215 cm³/mol. The minimum atomic E-state index is -5.03. The van der Waals surface area contributed by atoms with Crippen molar-refractivity contribution in [3.8, 4) is 11.4 Å². The summed E-state index contributed by atoms with van der Waals surface area (Å²) in [5, 5.41) is -2.49. The van der Waals surface area contributed by atoms with E-state index in [1.807, 2.05) is 0 Å². The standard InChI is InChI=1S/C18H18ClF4N3O5S.C18H20ClF4N3O4S/c1-8(2)9(3)32(30,31)24-16(28)10-5-13(12(20)6-11(10)19)26-15(27)7-14(18(21,22)23)25(4)17(26)29;1-9(2)10(3)31(29,30)24-8-11-5-14(13(20)6-12(11)19)26-16(27)7-15(18(21,22)23)25(4)17(26)28/h5-9H,1-4H3,(H,24,28);5-7,9-10,24H,8H2,1-4H3. The van der Waals surface area contributed by atoms with E-state index in [1.54, 1.807) is 32.4 Å². The van der Waals surface area contributed by atoms with Crippen LogP contribution in [0.15, 0.2) is 55.6 Å². The summed E-state index contributed by atoms with van der Waals surface area (Å²) < 4.78 is 161. The lowest BCUT2D eigenvalue weighted by Crippen LogP contribution is -2.41. The van der Waals surface area contributed by atoms with Gasteiger partial charge in [0.15, 0.2) is 0 Å². The highest BCUT2D eigenvalue weighted by Crippen LogP contribution is 2.29. The number of benzene rings is 2. The van der Waals surface area contributed by atoms with Crippen LogP contribution in [0.25, 0.3) is 11.4 Å². The van der Waals surface area contributed by atoms with Crippen molar-refractivity contribution in [2.24, 2.45) is 25.9 Å². The van der Waals surface area contributed by atoms with Crippen LogP contribution in [0.5, 0.6) is 0 Å². The number of carbonyl (C=O) groups is 1. The lowest BCUT2D eigenvalue weighted by atomic mass is 10.1. The summed E-state index contributed by atoms with van der Waals surface area (Å²) in [5.41, 5.74) is -11.1. The molecule has 0 bridgehead atoms. The van der Waals surface area contributed by atoms with Crippen LogP contribution in [0.1, 0.15) is 68.9 Å². The van der Waals surface area contributed by atoms with E-state index >= 15 is 0 Å². The minimum absolute atomic E-state index is 0.0199. The summed E-state index contributed by atoms with van der Waals surface area (Å²) in [6.07, 6.45) is -10.0. The topological polar surface area (TPSA) is 197 Å². The lowest BCUT2D eigenvalue weighted by molar-refractivity contribution is -0.144. The highest BCUT2D eigenvalue weighted by Gasteiger charge is 2.37. The first-order valence-electron chi connectivity index (χ1n) is 17.9. The van der Waals surface area contributed by atoms with Gasteiger partial charge in [-0.2, -0.15) is 26.3 Å². The van der Waals surface area contributed by atoms with E-state index in [0.717, 1.165) is 26.2 Å². The number of amides is 1. The molecule has 0 saturated heterocycles. The zero-order valence-electron chi connectivity index (χ0n) is 34.0. The van der Waals surface area contributed by atoms with Crippen LogP contribution >= 0.6 is 23.2 Å². The molecule has 15 nitrogen and oxygen atoms in total. The maximum absolute atomic E-state index is 14.5. The Hall–Kier alpha value is -4.85. The van der Waals surface area contributed by atoms with E-state index < -0.39 is 116 Å². The molecular weight excluding hydrogens is 947 g/mol. The van der Waals surface area contributed by atoms with E-state index in [4.69, 9.17) is 23.2 Å². The van der Waals surface area contributed by atoms with Crippen LogP contribution < -0.4 is 31.9 Å². The molecule has 2 aromatic carbocycles. The number of carbonyl (C=O) groups excluding carboxylic acids is 1. The molecule has 0 aliphatic rings. The Balaban J connectivity index is 0.000000335. The van der Waals surface area contributed by atoms with E-state index in [2.05, 4.69) is 4.72 Å². The second kappa shape index (κ2) is 19.1. The van der Waals surface area contributed by atoms with Gasteiger partial charge in [-0.1, -0.05) is 50.9 Å². The fourth-order valence-electron chi connectivity index (χ4n) is 5.31. The molecule has 2 atom stereocenters. The van der Waals surface area contributed by atoms with Crippen molar-refractivity contribution in [1.29, 1.82) is 0 Å². The highest BCUT2D eigenvalue weighted by molar-refractivity contribution is 7.90. The molecule has 63 heavy (non-hydrogen) atoms. The fraction of sp³-hybridized carbons (Fsp3) is 0.417. The first kappa shape index (κ1) is 52.5. The van der Waals surface area contributed by atoms with Gasteiger partial charge in [0.1, 0.15) is 23.0 Å². The van der Waals surface area contributed by atoms with Crippen molar-refractivity contribution in [3.63, 3.8) is 0 Å². The summed E-state index contributed by atoms with van der Waals surface area (Å²) in [6, 6.07) is 3.09. The van der Waals surface area contributed by atoms with Gasteiger partial charge in [0.25, 0.3) is 17.0 Å². The summed E-state index contributed by atoms with van der Waals surface area (Å²) >= 11 is 11.8. The molecule has 4 rings (SSSR count). The number of alkyl halides is 6. The molecule has 1 amide bonds. The van der Waals surface area contributed by atoms with Crippen LogP contribution in [0.2, 0.25) is 10.0 Å².